The van der Waals surface area contributed by atoms with Crippen molar-refractivity contribution >= 4 is 0 Å². The second-order valence-corrected chi connectivity index (χ2v) is 4.83. The van der Waals surface area contributed by atoms with Crippen LogP contribution in [-0.4, -0.2) is 20.3 Å². The highest BCUT2D eigenvalue weighted by atomic mass is 16.5. The predicted octanol–water partition coefficient (Wildman–Crippen LogP) is 3.43. The van der Waals surface area contributed by atoms with Crippen LogP contribution in [0.3, 0.4) is 0 Å². The van der Waals surface area contributed by atoms with Crippen LogP contribution in [0.5, 0.6) is 11.5 Å². The molecule has 0 radical (unpaired) electrons. The second-order valence-electron chi connectivity index (χ2n) is 4.83. The molecule has 112 valence electrons. The Bertz CT molecular complexity index is 540. The van der Waals surface area contributed by atoms with Crippen LogP contribution in [0, 0.1) is 0 Å². The molecule has 0 fully saturated rings. The fourth-order valence-electron chi connectivity index (χ4n) is 2.21. The predicted molar refractivity (Wildman–Crippen MR) is 86.0 cm³/mol. The van der Waals surface area contributed by atoms with E-state index in [1.54, 1.807) is 7.11 Å². The Balaban J connectivity index is 1.84. The Morgan fingerprint density at radius 1 is 0.952 bits per heavy atom. The highest BCUT2D eigenvalue weighted by Gasteiger charge is 2.05. The van der Waals surface area contributed by atoms with Crippen LogP contribution in [0.1, 0.15) is 18.1 Å². The maximum atomic E-state index is 5.59. The van der Waals surface area contributed by atoms with E-state index in [1.165, 1.54) is 11.1 Å². The quantitative estimate of drug-likeness (QED) is 0.754. The summed E-state index contributed by atoms with van der Waals surface area (Å²) < 4.78 is 10.9. The van der Waals surface area contributed by atoms with E-state index in [0.717, 1.165) is 31.0 Å². The van der Waals surface area contributed by atoms with Gasteiger partial charge in [-0.3, -0.25) is 0 Å². The molecule has 0 amide bonds. The number of hydrogen-bond acceptors (Lipinski definition) is 3. The molecule has 3 heteroatoms. The largest absolute Gasteiger partial charge is 0.493 e. The van der Waals surface area contributed by atoms with E-state index in [9.17, 15) is 0 Å². The molecule has 0 aliphatic heterocycles. The van der Waals surface area contributed by atoms with Gasteiger partial charge in [0.15, 0.2) is 11.5 Å². The van der Waals surface area contributed by atoms with E-state index in [2.05, 4.69) is 35.6 Å². The first kappa shape index (κ1) is 15.4. The summed E-state index contributed by atoms with van der Waals surface area (Å²) in [4.78, 5) is 0. The molecule has 0 heterocycles. The molecule has 2 aromatic carbocycles. The maximum Gasteiger partial charge on any atom is 0.161 e. The van der Waals surface area contributed by atoms with Gasteiger partial charge in [-0.05, 0) is 43.1 Å². The summed E-state index contributed by atoms with van der Waals surface area (Å²) in [7, 11) is 1.66. The van der Waals surface area contributed by atoms with Crippen LogP contribution < -0.4 is 14.8 Å². The van der Waals surface area contributed by atoms with Crippen molar-refractivity contribution in [1.29, 1.82) is 0 Å². The number of methoxy groups -OCH3 is 1. The minimum absolute atomic E-state index is 0.640. The van der Waals surface area contributed by atoms with Crippen LogP contribution in [0.4, 0.5) is 0 Å². The molecule has 0 aliphatic carbocycles. The fourth-order valence-corrected chi connectivity index (χ4v) is 2.21. The lowest BCUT2D eigenvalue weighted by Crippen LogP contribution is -2.16. The summed E-state index contributed by atoms with van der Waals surface area (Å²) in [5.74, 6) is 1.59. The number of hydrogen-bond donors (Lipinski definition) is 1. The smallest absolute Gasteiger partial charge is 0.161 e. The Kier molecular flexibility index (Phi) is 6.10. The van der Waals surface area contributed by atoms with Gasteiger partial charge in [-0.15, -0.1) is 0 Å². The minimum Gasteiger partial charge on any atom is -0.493 e. The molecule has 2 rings (SSSR count). The van der Waals surface area contributed by atoms with Crippen molar-refractivity contribution in [3.63, 3.8) is 0 Å². The molecule has 21 heavy (non-hydrogen) atoms. The molecule has 3 nitrogen and oxygen atoms in total. The van der Waals surface area contributed by atoms with Gasteiger partial charge >= 0.3 is 0 Å². The van der Waals surface area contributed by atoms with Gasteiger partial charge in [-0.25, -0.2) is 0 Å². The van der Waals surface area contributed by atoms with Crippen molar-refractivity contribution in [3.8, 4) is 11.5 Å². The van der Waals surface area contributed by atoms with Crippen molar-refractivity contribution < 1.29 is 9.47 Å². The Morgan fingerprint density at radius 2 is 1.76 bits per heavy atom. The summed E-state index contributed by atoms with van der Waals surface area (Å²) in [6, 6.07) is 16.6. The van der Waals surface area contributed by atoms with Crippen molar-refractivity contribution in [2.24, 2.45) is 0 Å². The third-order valence-electron chi connectivity index (χ3n) is 3.29. The second kappa shape index (κ2) is 8.32. The number of ether oxygens (including phenoxy) is 2. The van der Waals surface area contributed by atoms with Gasteiger partial charge in [-0.1, -0.05) is 36.4 Å². The summed E-state index contributed by atoms with van der Waals surface area (Å²) in [6.45, 7) is 4.41. The van der Waals surface area contributed by atoms with Gasteiger partial charge in [0.1, 0.15) is 0 Å². The highest BCUT2D eigenvalue weighted by molar-refractivity contribution is 5.42. The average Bonchev–Trinajstić information content (AvgIpc) is 2.53. The van der Waals surface area contributed by atoms with Crippen molar-refractivity contribution in [2.45, 2.75) is 19.9 Å². The molecule has 0 aromatic heterocycles. The third kappa shape index (κ3) is 4.80. The van der Waals surface area contributed by atoms with E-state index in [4.69, 9.17) is 9.47 Å². The lowest BCUT2D eigenvalue weighted by Gasteiger charge is -2.11. The first-order chi connectivity index (χ1) is 10.3. The molecular weight excluding hydrogens is 262 g/mol. The van der Waals surface area contributed by atoms with Crippen molar-refractivity contribution in [3.05, 3.63) is 59.7 Å². The number of rotatable bonds is 8. The van der Waals surface area contributed by atoms with E-state index >= 15 is 0 Å². The molecule has 0 saturated carbocycles. The monoisotopic (exact) mass is 285 g/mol. The van der Waals surface area contributed by atoms with Crippen LogP contribution >= 0.6 is 0 Å². The van der Waals surface area contributed by atoms with Crippen LogP contribution in [-0.2, 0) is 13.0 Å². The Morgan fingerprint density at radius 3 is 2.48 bits per heavy atom. The summed E-state index contributed by atoms with van der Waals surface area (Å²) in [5, 5.41) is 3.46. The standard InChI is InChI=1S/C18H23NO2/c1-3-21-18-13-16(9-10-17(18)20-2)14-19-12-11-15-7-5-4-6-8-15/h4-10,13,19H,3,11-12,14H2,1-2H3. The number of benzene rings is 2. The molecule has 2 aromatic rings. The number of nitrogens with one attached hydrogen (secondary N) is 1. The molecule has 0 aliphatic rings. The molecule has 1 N–H and O–H groups in total. The zero-order chi connectivity index (χ0) is 14.9. The van der Waals surface area contributed by atoms with E-state index in [0.29, 0.717) is 6.61 Å². The Hall–Kier alpha value is -2.00. The van der Waals surface area contributed by atoms with E-state index in [1.807, 2.05) is 25.1 Å². The van der Waals surface area contributed by atoms with E-state index in [-0.39, 0.29) is 0 Å². The lowest BCUT2D eigenvalue weighted by atomic mass is 10.1. The zero-order valence-electron chi connectivity index (χ0n) is 12.8. The van der Waals surface area contributed by atoms with Gasteiger partial charge in [0, 0.05) is 6.54 Å². The topological polar surface area (TPSA) is 30.5 Å². The minimum atomic E-state index is 0.640. The third-order valence-corrected chi connectivity index (χ3v) is 3.29. The van der Waals surface area contributed by atoms with Crippen LogP contribution in [0.2, 0.25) is 0 Å². The zero-order valence-corrected chi connectivity index (χ0v) is 12.8. The van der Waals surface area contributed by atoms with Crippen molar-refractivity contribution in [2.75, 3.05) is 20.3 Å². The van der Waals surface area contributed by atoms with Gasteiger partial charge in [0.25, 0.3) is 0 Å². The highest BCUT2D eigenvalue weighted by Crippen LogP contribution is 2.27. The van der Waals surface area contributed by atoms with Gasteiger partial charge < -0.3 is 14.8 Å². The molecule has 0 atom stereocenters. The molecule has 0 bridgehead atoms. The lowest BCUT2D eigenvalue weighted by molar-refractivity contribution is 0.310. The van der Waals surface area contributed by atoms with Crippen molar-refractivity contribution in [1.82, 2.24) is 5.32 Å². The van der Waals surface area contributed by atoms with Gasteiger partial charge in [0.2, 0.25) is 0 Å². The molecular formula is C18H23NO2. The summed E-state index contributed by atoms with van der Waals surface area (Å²) in [5.41, 5.74) is 2.56. The van der Waals surface area contributed by atoms with Crippen LogP contribution in [0.15, 0.2) is 48.5 Å². The normalized spacial score (nSPS) is 10.4. The van der Waals surface area contributed by atoms with Gasteiger partial charge in [0.05, 0.1) is 13.7 Å². The molecule has 0 spiro atoms. The Labute approximate surface area is 126 Å². The maximum absolute atomic E-state index is 5.59. The average molecular weight is 285 g/mol. The fraction of sp³-hybridized carbons (Fsp3) is 0.333. The van der Waals surface area contributed by atoms with E-state index < -0.39 is 0 Å². The SMILES string of the molecule is CCOc1cc(CNCCc2ccccc2)ccc1OC. The van der Waals surface area contributed by atoms with Gasteiger partial charge in [-0.2, -0.15) is 0 Å². The first-order valence-corrected chi connectivity index (χ1v) is 7.38. The summed E-state index contributed by atoms with van der Waals surface area (Å²) >= 11 is 0. The molecule has 0 unspecified atom stereocenters. The molecule has 0 saturated heterocycles. The van der Waals surface area contributed by atoms with Crippen LogP contribution in [0.25, 0.3) is 0 Å². The summed E-state index contributed by atoms with van der Waals surface area (Å²) in [6.07, 6.45) is 1.04. The first-order valence-electron chi connectivity index (χ1n) is 7.38.